The van der Waals surface area contributed by atoms with Gasteiger partial charge in [-0.25, -0.2) is 4.57 Å². The molecule has 6 nitrogen and oxygen atoms in total. The molecule has 0 fully saturated rings. The molecule has 0 amide bonds. The van der Waals surface area contributed by atoms with Crippen LogP contribution >= 0.6 is 11.8 Å². The van der Waals surface area contributed by atoms with Crippen LogP contribution in [0.25, 0.3) is 0 Å². The minimum atomic E-state index is 0.0516. The van der Waals surface area contributed by atoms with Crippen molar-refractivity contribution in [3.63, 3.8) is 0 Å². The molecule has 0 aliphatic heterocycles. The van der Waals surface area contributed by atoms with Crippen molar-refractivity contribution < 1.29 is 14.1 Å². The molecule has 1 heterocycles. The van der Waals surface area contributed by atoms with Crippen molar-refractivity contribution in [3.05, 3.63) is 24.5 Å². The Morgan fingerprint density at radius 1 is 1.38 bits per heavy atom. The molecule has 1 aromatic heterocycles. The summed E-state index contributed by atoms with van der Waals surface area (Å²) in [6.45, 7) is 3.96. The van der Waals surface area contributed by atoms with E-state index < -0.39 is 0 Å². The molecule has 0 aliphatic rings. The third-order valence-corrected chi connectivity index (χ3v) is 3.48. The van der Waals surface area contributed by atoms with Crippen LogP contribution in [-0.2, 0) is 11.3 Å². The first-order valence-electron chi connectivity index (χ1n) is 6.94. The number of rotatable bonds is 9. The summed E-state index contributed by atoms with van der Waals surface area (Å²) < 4.78 is 7.63. The van der Waals surface area contributed by atoms with Crippen molar-refractivity contribution in [2.24, 2.45) is 16.5 Å². The van der Waals surface area contributed by atoms with Gasteiger partial charge in [0.1, 0.15) is 12.3 Å². The molecule has 0 spiro atoms. The first-order chi connectivity index (χ1) is 10.1. The minimum absolute atomic E-state index is 0.0516. The topological polar surface area (TPSA) is 94.6 Å². The molecule has 0 unspecified atom stereocenters. The van der Waals surface area contributed by atoms with Gasteiger partial charge in [-0.15, -0.1) is 0 Å². The summed E-state index contributed by atoms with van der Waals surface area (Å²) in [5, 5.41) is 0.0813. The highest BCUT2D eigenvalue weighted by molar-refractivity contribution is 8.13. The Balaban J connectivity index is 2.17. The lowest BCUT2D eigenvalue weighted by atomic mass is 10.4. The monoisotopic (exact) mass is 311 g/mol. The van der Waals surface area contributed by atoms with Crippen LogP contribution in [0.3, 0.4) is 0 Å². The molecular formula is C14H23N4O2S+. The van der Waals surface area contributed by atoms with Crippen LogP contribution in [-0.4, -0.2) is 30.0 Å². The van der Waals surface area contributed by atoms with Gasteiger partial charge < -0.3 is 16.2 Å². The third-order valence-electron chi connectivity index (χ3n) is 2.57. The van der Waals surface area contributed by atoms with E-state index in [0.29, 0.717) is 25.3 Å². The van der Waals surface area contributed by atoms with Crippen LogP contribution < -0.4 is 20.8 Å². The standard InChI is InChI=1S/C14H23N4O2S/c1-2-7-18-8-3-12(4-9-18)20-10-5-13(19)21-11-6-17-14(15)16/h3-4,8-9H,2,5-7,10-11H2,1H3,(H4,15,16,17)/q+1. The van der Waals surface area contributed by atoms with Gasteiger partial charge >= 0.3 is 0 Å². The van der Waals surface area contributed by atoms with E-state index in [0.717, 1.165) is 18.7 Å². The van der Waals surface area contributed by atoms with Gasteiger partial charge in [0.2, 0.25) is 0 Å². The lowest BCUT2D eigenvalue weighted by Crippen LogP contribution is -2.31. The maximum absolute atomic E-state index is 11.6. The van der Waals surface area contributed by atoms with Gasteiger partial charge in [-0.2, -0.15) is 0 Å². The van der Waals surface area contributed by atoms with Crippen LogP contribution in [0.2, 0.25) is 0 Å². The molecule has 4 N–H and O–H groups in total. The third kappa shape index (κ3) is 8.19. The number of carbonyl (C=O) groups excluding carboxylic acids is 1. The summed E-state index contributed by atoms with van der Waals surface area (Å²) in [4.78, 5) is 15.4. The quantitative estimate of drug-likeness (QED) is 0.303. The van der Waals surface area contributed by atoms with Gasteiger partial charge in [0.15, 0.2) is 23.5 Å². The number of nitrogens with two attached hydrogens (primary N) is 2. The fourth-order valence-electron chi connectivity index (χ4n) is 1.61. The Morgan fingerprint density at radius 2 is 2.10 bits per heavy atom. The van der Waals surface area contributed by atoms with Crippen molar-refractivity contribution in [2.45, 2.75) is 26.3 Å². The van der Waals surface area contributed by atoms with E-state index in [1.807, 2.05) is 24.5 Å². The van der Waals surface area contributed by atoms with Crippen molar-refractivity contribution in [1.29, 1.82) is 0 Å². The van der Waals surface area contributed by atoms with Crippen molar-refractivity contribution in [3.8, 4) is 5.75 Å². The van der Waals surface area contributed by atoms with E-state index in [1.54, 1.807) is 0 Å². The van der Waals surface area contributed by atoms with Crippen LogP contribution in [0.1, 0.15) is 19.8 Å². The van der Waals surface area contributed by atoms with E-state index in [1.165, 1.54) is 11.8 Å². The number of guanidine groups is 1. The zero-order valence-electron chi connectivity index (χ0n) is 12.3. The number of carbonyl (C=O) groups is 1. The van der Waals surface area contributed by atoms with E-state index in [2.05, 4.69) is 16.5 Å². The second-order valence-corrected chi connectivity index (χ2v) is 5.55. The van der Waals surface area contributed by atoms with Gasteiger partial charge in [0.25, 0.3) is 0 Å². The minimum Gasteiger partial charge on any atom is -0.493 e. The van der Waals surface area contributed by atoms with Crippen LogP contribution in [0.5, 0.6) is 5.75 Å². The number of pyridine rings is 1. The Morgan fingerprint density at radius 3 is 2.71 bits per heavy atom. The molecule has 116 valence electrons. The smallest absolute Gasteiger partial charge is 0.192 e. The van der Waals surface area contributed by atoms with E-state index >= 15 is 0 Å². The predicted molar refractivity (Wildman–Crippen MR) is 85.2 cm³/mol. The molecule has 0 aromatic carbocycles. The molecule has 0 saturated carbocycles. The Hall–Kier alpha value is -1.76. The maximum Gasteiger partial charge on any atom is 0.192 e. The molecule has 0 atom stereocenters. The van der Waals surface area contributed by atoms with Gasteiger partial charge in [0, 0.05) is 24.3 Å². The first-order valence-corrected chi connectivity index (χ1v) is 7.93. The Bertz CT molecular complexity index is 459. The summed E-state index contributed by atoms with van der Waals surface area (Å²) in [6, 6.07) is 3.82. The summed E-state index contributed by atoms with van der Waals surface area (Å²) in [5.74, 6) is 1.41. The average Bonchev–Trinajstić information content (AvgIpc) is 2.46. The molecule has 1 aromatic rings. The molecule has 1 rings (SSSR count). The summed E-state index contributed by atoms with van der Waals surface area (Å²) in [7, 11) is 0. The number of aryl methyl sites for hydroxylation is 1. The molecule has 0 aliphatic carbocycles. The highest BCUT2D eigenvalue weighted by atomic mass is 32.2. The van der Waals surface area contributed by atoms with Crippen molar-refractivity contribution in [2.75, 3.05) is 18.9 Å². The van der Waals surface area contributed by atoms with E-state index in [-0.39, 0.29) is 11.1 Å². The lowest BCUT2D eigenvalue weighted by molar-refractivity contribution is -0.697. The maximum atomic E-state index is 11.6. The number of thioether (sulfide) groups is 1. The Kier molecular flexibility index (Phi) is 8.27. The van der Waals surface area contributed by atoms with Gasteiger partial charge in [-0.1, -0.05) is 18.7 Å². The highest BCUT2D eigenvalue weighted by Crippen LogP contribution is 2.09. The summed E-state index contributed by atoms with van der Waals surface area (Å²) in [6.07, 6.45) is 5.42. The molecule has 0 bridgehead atoms. The largest absolute Gasteiger partial charge is 0.493 e. The van der Waals surface area contributed by atoms with E-state index in [4.69, 9.17) is 16.2 Å². The number of nitrogens with zero attached hydrogens (tertiary/aromatic N) is 2. The number of aliphatic imine (C=N–C) groups is 1. The molecule has 0 radical (unpaired) electrons. The van der Waals surface area contributed by atoms with Crippen molar-refractivity contribution >= 4 is 22.8 Å². The zero-order valence-corrected chi connectivity index (χ0v) is 13.1. The van der Waals surface area contributed by atoms with Crippen LogP contribution in [0.4, 0.5) is 0 Å². The molecule has 0 saturated heterocycles. The van der Waals surface area contributed by atoms with E-state index in [9.17, 15) is 4.79 Å². The lowest BCUT2D eigenvalue weighted by Gasteiger charge is -2.04. The normalized spacial score (nSPS) is 10.1. The number of hydrogen-bond donors (Lipinski definition) is 2. The zero-order chi connectivity index (χ0) is 15.5. The van der Waals surface area contributed by atoms with Gasteiger partial charge in [-0.05, 0) is 0 Å². The van der Waals surface area contributed by atoms with Gasteiger partial charge in [0.05, 0.1) is 19.6 Å². The van der Waals surface area contributed by atoms with Crippen molar-refractivity contribution in [1.82, 2.24) is 0 Å². The highest BCUT2D eigenvalue weighted by Gasteiger charge is 2.04. The molecular weight excluding hydrogens is 288 g/mol. The second-order valence-electron chi connectivity index (χ2n) is 4.40. The van der Waals surface area contributed by atoms with Crippen LogP contribution in [0.15, 0.2) is 29.5 Å². The SMILES string of the molecule is CCC[n+]1ccc(OCCC(=O)SCCN=C(N)N)cc1. The van der Waals surface area contributed by atoms with Gasteiger partial charge in [-0.3, -0.25) is 9.79 Å². The fraction of sp³-hybridized carbons (Fsp3) is 0.500. The Labute approximate surface area is 129 Å². The molecule has 21 heavy (non-hydrogen) atoms. The molecule has 7 heteroatoms. The average molecular weight is 311 g/mol. The summed E-state index contributed by atoms with van der Waals surface area (Å²) >= 11 is 1.22. The summed E-state index contributed by atoms with van der Waals surface area (Å²) in [5.41, 5.74) is 10.4. The second kappa shape index (κ2) is 10.0. The predicted octanol–water partition coefficient (Wildman–Crippen LogP) is 0.686. The van der Waals surface area contributed by atoms with Crippen LogP contribution in [0, 0.1) is 0 Å². The number of ether oxygens (including phenoxy) is 1. The number of aromatic nitrogens is 1. The number of hydrogen-bond acceptors (Lipinski definition) is 4. The first kappa shape index (κ1) is 17.3. The fourth-order valence-corrected chi connectivity index (χ4v) is 2.24.